The van der Waals surface area contributed by atoms with E-state index in [1.807, 2.05) is 0 Å². The van der Waals surface area contributed by atoms with Crippen LogP contribution in [0.4, 0.5) is 18.9 Å². The van der Waals surface area contributed by atoms with E-state index >= 15 is 0 Å². The smallest absolute Gasteiger partial charge is 0.414 e. The molecule has 2 nitrogen and oxygen atoms in total. The van der Waals surface area contributed by atoms with Crippen molar-refractivity contribution in [3.8, 4) is 5.75 Å². The van der Waals surface area contributed by atoms with Gasteiger partial charge in [0, 0.05) is 6.20 Å². The second kappa shape index (κ2) is 5.17. The molecule has 0 aromatic heterocycles. The van der Waals surface area contributed by atoms with Gasteiger partial charge in [-0.3, -0.25) is 0 Å². The third-order valence-corrected chi connectivity index (χ3v) is 2.90. The number of nitrogens with zero attached hydrogens (tertiary/aromatic N) is 1. The van der Waals surface area contributed by atoms with Crippen LogP contribution in [0.15, 0.2) is 47.1 Å². The highest BCUT2D eigenvalue weighted by atomic mass is 35.5. The van der Waals surface area contributed by atoms with Gasteiger partial charge < -0.3 is 9.64 Å². The third-order valence-electron chi connectivity index (χ3n) is 2.69. The predicted octanol–water partition coefficient (Wildman–Crippen LogP) is 4.08. The number of hydrogen-bond acceptors (Lipinski definition) is 2. The number of hydrogen-bond donors (Lipinski definition) is 0. The van der Waals surface area contributed by atoms with E-state index in [1.54, 1.807) is 24.3 Å². The van der Waals surface area contributed by atoms with Gasteiger partial charge in [0.15, 0.2) is 0 Å². The lowest BCUT2D eigenvalue weighted by atomic mass is 10.1. The fourth-order valence-electron chi connectivity index (χ4n) is 1.82. The Balaban J connectivity index is 2.36. The molecule has 6 heteroatoms. The summed E-state index contributed by atoms with van der Waals surface area (Å²) in [4.78, 5) is 1.42. The highest BCUT2D eigenvalue weighted by Gasteiger charge is 2.36. The Morgan fingerprint density at radius 3 is 2.58 bits per heavy atom. The van der Waals surface area contributed by atoms with Crippen molar-refractivity contribution in [2.45, 2.75) is 6.18 Å². The number of rotatable bonds is 2. The fraction of sp³-hybridized carbons (Fsp3) is 0.231. The Kier molecular flexibility index (Phi) is 3.75. The Morgan fingerprint density at radius 1 is 1.26 bits per heavy atom. The van der Waals surface area contributed by atoms with E-state index in [1.165, 1.54) is 18.2 Å². The minimum atomic E-state index is -4.39. The molecule has 0 bridgehead atoms. The SMILES string of the molecule is COc1ccccc1N1C=C(Cl)C=C(C(F)(F)F)C1. The lowest BCUT2D eigenvalue weighted by molar-refractivity contribution is -0.0923. The summed E-state index contributed by atoms with van der Waals surface area (Å²) in [5.74, 6) is 0.492. The number of para-hydroxylation sites is 2. The van der Waals surface area contributed by atoms with Gasteiger partial charge in [-0.05, 0) is 18.2 Å². The number of anilines is 1. The number of methoxy groups -OCH3 is 1. The first-order chi connectivity index (χ1) is 8.91. The van der Waals surface area contributed by atoms with Crippen LogP contribution in [0.5, 0.6) is 5.75 Å². The molecule has 1 aromatic rings. The van der Waals surface area contributed by atoms with Crippen molar-refractivity contribution in [1.82, 2.24) is 0 Å². The van der Waals surface area contributed by atoms with Crippen LogP contribution in [0, 0.1) is 0 Å². The molecule has 102 valence electrons. The normalized spacial score (nSPS) is 15.9. The maximum Gasteiger partial charge on any atom is 0.414 e. The first-order valence-electron chi connectivity index (χ1n) is 5.46. The standard InChI is InChI=1S/C13H11ClF3NO/c1-19-12-5-3-2-4-11(12)18-7-9(13(15,16)17)6-10(14)8-18/h2-6,8H,7H2,1H3. The molecule has 0 atom stereocenters. The van der Waals surface area contributed by atoms with Crippen LogP contribution in [-0.2, 0) is 0 Å². The van der Waals surface area contributed by atoms with Gasteiger partial charge in [-0.2, -0.15) is 13.2 Å². The minimum Gasteiger partial charge on any atom is -0.495 e. The quantitative estimate of drug-likeness (QED) is 0.813. The van der Waals surface area contributed by atoms with Crippen molar-refractivity contribution in [2.24, 2.45) is 0 Å². The fourth-order valence-corrected chi connectivity index (χ4v) is 2.07. The van der Waals surface area contributed by atoms with Crippen molar-refractivity contribution in [1.29, 1.82) is 0 Å². The van der Waals surface area contributed by atoms with E-state index in [-0.39, 0.29) is 11.6 Å². The number of allylic oxidation sites excluding steroid dienone is 2. The van der Waals surface area contributed by atoms with E-state index in [2.05, 4.69) is 0 Å². The largest absolute Gasteiger partial charge is 0.495 e. The van der Waals surface area contributed by atoms with Crippen LogP contribution >= 0.6 is 11.6 Å². The first-order valence-corrected chi connectivity index (χ1v) is 5.84. The Bertz CT molecular complexity index is 537. The van der Waals surface area contributed by atoms with E-state index < -0.39 is 11.7 Å². The molecule has 1 aromatic carbocycles. The van der Waals surface area contributed by atoms with Gasteiger partial charge in [-0.25, -0.2) is 0 Å². The van der Waals surface area contributed by atoms with Crippen molar-refractivity contribution < 1.29 is 17.9 Å². The Labute approximate surface area is 113 Å². The molecule has 19 heavy (non-hydrogen) atoms. The van der Waals surface area contributed by atoms with E-state index in [0.29, 0.717) is 11.4 Å². The summed E-state index contributed by atoms with van der Waals surface area (Å²) >= 11 is 5.76. The summed E-state index contributed by atoms with van der Waals surface area (Å²) in [5.41, 5.74) is -0.149. The van der Waals surface area contributed by atoms with E-state index in [9.17, 15) is 13.2 Å². The van der Waals surface area contributed by atoms with Gasteiger partial charge in [-0.1, -0.05) is 23.7 Å². The van der Waals surface area contributed by atoms with Gasteiger partial charge in [0.05, 0.1) is 29.9 Å². The molecule has 0 radical (unpaired) electrons. The highest BCUT2D eigenvalue weighted by molar-refractivity contribution is 6.31. The predicted molar refractivity (Wildman–Crippen MR) is 68.4 cm³/mol. The van der Waals surface area contributed by atoms with Crippen LogP contribution in [-0.4, -0.2) is 19.8 Å². The lowest BCUT2D eigenvalue weighted by Crippen LogP contribution is -2.29. The van der Waals surface area contributed by atoms with Gasteiger partial charge in [0.1, 0.15) is 5.75 Å². The first kappa shape index (κ1) is 13.8. The van der Waals surface area contributed by atoms with Crippen molar-refractivity contribution >= 4 is 17.3 Å². The maximum absolute atomic E-state index is 12.8. The van der Waals surface area contributed by atoms with Crippen LogP contribution in [0.25, 0.3) is 0 Å². The highest BCUT2D eigenvalue weighted by Crippen LogP contribution is 2.36. The van der Waals surface area contributed by atoms with Crippen LogP contribution < -0.4 is 9.64 Å². The molecule has 2 rings (SSSR count). The molecule has 1 aliphatic heterocycles. The molecule has 0 unspecified atom stereocenters. The molecule has 0 spiro atoms. The molecule has 0 saturated heterocycles. The zero-order chi connectivity index (χ0) is 14.0. The van der Waals surface area contributed by atoms with Gasteiger partial charge in [0.25, 0.3) is 0 Å². The molecule has 0 aliphatic carbocycles. The summed E-state index contributed by atoms with van der Waals surface area (Å²) in [6.07, 6.45) is -2.00. The van der Waals surface area contributed by atoms with Crippen LogP contribution in [0.1, 0.15) is 0 Å². The summed E-state index contributed by atoms with van der Waals surface area (Å²) in [6.45, 7) is -0.292. The molecule has 0 fully saturated rings. The summed E-state index contributed by atoms with van der Waals surface area (Å²) in [6, 6.07) is 6.84. The maximum atomic E-state index is 12.8. The number of halogens is 4. The lowest BCUT2D eigenvalue weighted by Gasteiger charge is -2.28. The number of ether oxygens (including phenoxy) is 1. The van der Waals surface area contributed by atoms with Crippen LogP contribution in [0.2, 0.25) is 0 Å². The molecular weight excluding hydrogens is 279 g/mol. The molecule has 0 N–H and O–H groups in total. The molecule has 0 amide bonds. The molecule has 1 heterocycles. The zero-order valence-electron chi connectivity index (χ0n) is 10.0. The van der Waals surface area contributed by atoms with Crippen molar-refractivity contribution in [3.05, 3.63) is 47.1 Å². The zero-order valence-corrected chi connectivity index (χ0v) is 10.8. The molecule has 1 aliphatic rings. The van der Waals surface area contributed by atoms with Gasteiger partial charge in [0.2, 0.25) is 0 Å². The summed E-state index contributed by atoms with van der Waals surface area (Å²) in [7, 11) is 1.47. The number of alkyl halides is 3. The second-order valence-electron chi connectivity index (χ2n) is 3.98. The Morgan fingerprint density at radius 2 is 1.95 bits per heavy atom. The monoisotopic (exact) mass is 289 g/mol. The van der Waals surface area contributed by atoms with E-state index in [0.717, 1.165) is 6.08 Å². The molecule has 0 saturated carbocycles. The van der Waals surface area contributed by atoms with Crippen LogP contribution in [0.3, 0.4) is 0 Å². The van der Waals surface area contributed by atoms with E-state index in [4.69, 9.17) is 16.3 Å². The van der Waals surface area contributed by atoms with Crippen molar-refractivity contribution in [3.63, 3.8) is 0 Å². The number of benzene rings is 1. The summed E-state index contributed by atoms with van der Waals surface area (Å²) < 4.78 is 43.5. The molecular formula is C13H11ClF3NO. The topological polar surface area (TPSA) is 12.5 Å². The third kappa shape index (κ3) is 3.04. The minimum absolute atomic E-state index is 0.0319. The van der Waals surface area contributed by atoms with Gasteiger partial charge in [-0.15, -0.1) is 0 Å². The second-order valence-corrected chi connectivity index (χ2v) is 4.42. The summed E-state index contributed by atoms with van der Waals surface area (Å²) in [5, 5.41) is 0.0319. The van der Waals surface area contributed by atoms with Crippen molar-refractivity contribution in [2.75, 3.05) is 18.6 Å². The average Bonchev–Trinajstić information content (AvgIpc) is 2.37. The average molecular weight is 290 g/mol. The van der Waals surface area contributed by atoms with Gasteiger partial charge >= 0.3 is 6.18 Å². The Hall–Kier alpha value is -1.62.